The second-order valence-corrected chi connectivity index (χ2v) is 7.94. The fourth-order valence-corrected chi connectivity index (χ4v) is 3.87. The predicted octanol–water partition coefficient (Wildman–Crippen LogP) is 4.57. The highest BCUT2D eigenvalue weighted by molar-refractivity contribution is 9.10. The Morgan fingerprint density at radius 2 is 1.90 bits per heavy atom. The van der Waals surface area contributed by atoms with Crippen LogP contribution in [-0.2, 0) is 14.3 Å². The van der Waals surface area contributed by atoms with E-state index in [1.165, 1.54) is 18.1 Å². The number of amides is 1. The molecule has 158 valence electrons. The SMILES string of the molecule is CCOc1ccc(C(O)=C2C(=O)C(=O)N(CCOC)[C@H]2c2ccc(Br)cc2)cc1Cl. The van der Waals surface area contributed by atoms with E-state index in [-0.39, 0.29) is 24.5 Å². The third-order valence-corrected chi connectivity index (χ3v) is 5.59. The zero-order valence-corrected chi connectivity index (χ0v) is 18.9. The molecule has 0 spiro atoms. The molecule has 1 fully saturated rings. The van der Waals surface area contributed by atoms with Crippen molar-refractivity contribution >= 4 is 45.0 Å². The number of hydrogen-bond acceptors (Lipinski definition) is 5. The molecule has 3 rings (SSSR count). The largest absolute Gasteiger partial charge is 0.507 e. The van der Waals surface area contributed by atoms with Gasteiger partial charge in [0.1, 0.15) is 11.5 Å². The Balaban J connectivity index is 2.13. The Bertz CT molecular complexity index is 990. The lowest BCUT2D eigenvalue weighted by Crippen LogP contribution is -2.32. The second-order valence-electron chi connectivity index (χ2n) is 6.62. The molecule has 2 aromatic rings. The summed E-state index contributed by atoms with van der Waals surface area (Å²) in [7, 11) is 1.52. The van der Waals surface area contributed by atoms with Crippen LogP contribution in [-0.4, -0.2) is 48.6 Å². The van der Waals surface area contributed by atoms with Gasteiger partial charge >= 0.3 is 0 Å². The number of ketones is 1. The molecule has 1 amide bonds. The van der Waals surface area contributed by atoms with Gasteiger partial charge in [0.05, 0.1) is 29.9 Å². The topological polar surface area (TPSA) is 76.1 Å². The van der Waals surface area contributed by atoms with Gasteiger partial charge in [0.25, 0.3) is 11.7 Å². The molecule has 1 atom stereocenters. The van der Waals surface area contributed by atoms with Crippen LogP contribution < -0.4 is 4.74 Å². The highest BCUT2D eigenvalue weighted by Gasteiger charge is 2.45. The molecular formula is C22H21BrClNO5. The quantitative estimate of drug-likeness (QED) is 0.347. The van der Waals surface area contributed by atoms with Gasteiger partial charge in [-0.2, -0.15) is 0 Å². The number of benzene rings is 2. The molecule has 30 heavy (non-hydrogen) atoms. The van der Waals surface area contributed by atoms with Crippen molar-refractivity contribution in [2.75, 3.05) is 26.9 Å². The summed E-state index contributed by atoms with van der Waals surface area (Å²) in [6.45, 7) is 2.75. The number of rotatable bonds is 7. The predicted molar refractivity (Wildman–Crippen MR) is 118 cm³/mol. The fraction of sp³-hybridized carbons (Fsp3) is 0.273. The number of hydrogen-bond donors (Lipinski definition) is 1. The van der Waals surface area contributed by atoms with Gasteiger partial charge in [-0.3, -0.25) is 9.59 Å². The smallest absolute Gasteiger partial charge is 0.295 e. The van der Waals surface area contributed by atoms with Gasteiger partial charge in [-0.25, -0.2) is 0 Å². The van der Waals surface area contributed by atoms with Crippen LogP contribution in [0.5, 0.6) is 5.75 Å². The Morgan fingerprint density at radius 1 is 1.20 bits per heavy atom. The number of carbonyl (C=O) groups excluding carboxylic acids is 2. The molecular weight excluding hydrogens is 474 g/mol. The number of halogens is 2. The van der Waals surface area contributed by atoms with Gasteiger partial charge in [-0.15, -0.1) is 0 Å². The first-order valence-corrected chi connectivity index (χ1v) is 10.5. The van der Waals surface area contributed by atoms with E-state index in [9.17, 15) is 14.7 Å². The van der Waals surface area contributed by atoms with Crippen molar-refractivity contribution in [2.45, 2.75) is 13.0 Å². The number of Topliss-reactive ketones (excluding diaryl/α,β-unsaturated/α-hetero) is 1. The third-order valence-electron chi connectivity index (χ3n) is 4.77. The molecule has 0 bridgehead atoms. The van der Waals surface area contributed by atoms with E-state index >= 15 is 0 Å². The van der Waals surface area contributed by atoms with Crippen LogP contribution in [0.25, 0.3) is 5.76 Å². The molecule has 1 aliphatic rings. The number of carbonyl (C=O) groups is 2. The summed E-state index contributed by atoms with van der Waals surface area (Å²) < 4.78 is 11.4. The van der Waals surface area contributed by atoms with Crippen molar-refractivity contribution in [3.63, 3.8) is 0 Å². The number of nitrogens with zero attached hydrogens (tertiary/aromatic N) is 1. The Kier molecular flexibility index (Phi) is 7.18. The molecule has 0 radical (unpaired) electrons. The van der Waals surface area contributed by atoms with Crippen molar-refractivity contribution in [1.82, 2.24) is 4.90 Å². The molecule has 0 unspecified atom stereocenters. The number of aliphatic hydroxyl groups is 1. The van der Waals surface area contributed by atoms with Crippen molar-refractivity contribution in [3.05, 3.63) is 68.7 Å². The van der Waals surface area contributed by atoms with Gasteiger partial charge in [0.15, 0.2) is 0 Å². The van der Waals surface area contributed by atoms with E-state index < -0.39 is 17.7 Å². The van der Waals surface area contributed by atoms with Crippen LogP contribution in [0.1, 0.15) is 24.1 Å². The summed E-state index contributed by atoms with van der Waals surface area (Å²) in [5.41, 5.74) is 1.04. The summed E-state index contributed by atoms with van der Waals surface area (Å²) in [5, 5.41) is 11.3. The number of methoxy groups -OCH3 is 1. The monoisotopic (exact) mass is 493 g/mol. The minimum absolute atomic E-state index is 0.0126. The number of aliphatic hydroxyl groups excluding tert-OH is 1. The van der Waals surface area contributed by atoms with Gasteiger partial charge < -0.3 is 19.5 Å². The van der Waals surface area contributed by atoms with Crippen molar-refractivity contribution in [1.29, 1.82) is 0 Å². The lowest BCUT2D eigenvalue weighted by molar-refractivity contribution is -0.140. The fourth-order valence-electron chi connectivity index (χ4n) is 3.37. The zero-order chi connectivity index (χ0) is 21.8. The van der Waals surface area contributed by atoms with E-state index in [2.05, 4.69) is 15.9 Å². The van der Waals surface area contributed by atoms with E-state index in [0.29, 0.717) is 28.5 Å². The maximum Gasteiger partial charge on any atom is 0.295 e. The Hall–Kier alpha value is -2.35. The average Bonchev–Trinajstić information content (AvgIpc) is 2.98. The lowest BCUT2D eigenvalue weighted by Gasteiger charge is -2.25. The van der Waals surface area contributed by atoms with E-state index in [1.807, 2.05) is 19.1 Å². The summed E-state index contributed by atoms with van der Waals surface area (Å²) >= 11 is 9.64. The molecule has 1 heterocycles. The minimum atomic E-state index is -0.749. The third kappa shape index (κ3) is 4.38. The van der Waals surface area contributed by atoms with Crippen LogP contribution >= 0.6 is 27.5 Å². The number of likely N-dealkylation sites (tertiary alicyclic amines) is 1. The van der Waals surface area contributed by atoms with Crippen molar-refractivity contribution in [3.8, 4) is 5.75 Å². The molecule has 0 aliphatic carbocycles. The van der Waals surface area contributed by atoms with Crippen molar-refractivity contribution in [2.24, 2.45) is 0 Å². The van der Waals surface area contributed by atoms with Gasteiger partial charge in [0.2, 0.25) is 0 Å². The first-order valence-electron chi connectivity index (χ1n) is 9.34. The second kappa shape index (κ2) is 9.64. The van der Waals surface area contributed by atoms with Crippen LogP contribution in [0.3, 0.4) is 0 Å². The van der Waals surface area contributed by atoms with E-state index in [1.54, 1.807) is 24.3 Å². The minimum Gasteiger partial charge on any atom is -0.507 e. The molecule has 6 nitrogen and oxygen atoms in total. The van der Waals surface area contributed by atoms with E-state index in [4.69, 9.17) is 21.1 Å². The maximum atomic E-state index is 12.9. The van der Waals surface area contributed by atoms with Crippen LogP contribution in [0.2, 0.25) is 5.02 Å². The van der Waals surface area contributed by atoms with Crippen LogP contribution in [0.15, 0.2) is 52.5 Å². The Labute approximate surface area is 188 Å². The van der Waals surface area contributed by atoms with E-state index in [0.717, 1.165) is 4.47 Å². The normalized spacial score (nSPS) is 18.1. The van der Waals surface area contributed by atoms with Gasteiger partial charge in [-0.05, 0) is 42.8 Å². The summed E-state index contributed by atoms with van der Waals surface area (Å²) in [5.74, 6) is -1.24. The average molecular weight is 495 g/mol. The maximum absolute atomic E-state index is 12.9. The molecule has 0 saturated carbocycles. The summed E-state index contributed by atoms with van der Waals surface area (Å²) in [6.07, 6.45) is 0. The zero-order valence-electron chi connectivity index (χ0n) is 16.5. The Morgan fingerprint density at radius 3 is 2.50 bits per heavy atom. The highest BCUT2D eigenvalue weighted by Crippen LogP contribution is 2.40. The number of ether oxygens (including phenoxy) is 2. The van der Waals surface area contributed by atoms with Gasteiger partial charge in [0, 0.05) is 23.7 Å². The molecule has 8 heteroatoms. The molecule has 2 aromatic carbocycles. The van der Waals surface area contributed by atoms with Crippen LogP contribution in [0, 0.1) is 0 Å². The lowest BCUT2D eigenvalue weighted by atomic mass is 9.95. The summed E-state index contributed by atoms with van der Waals surface area (Å²) in [6, 6.07) is 11.3. The first-order chi connectivity index (χ1) is 14.4. The highest BCUT2D eigenvalue weighted by atomic mass is 79.9. The molecule has 1 aliphatic heterocycles. The molecule has 1 N–H and O–H groups in total. The standard InChI is InChI=1S/C22H21BrClNO5/c1-3-30-17-9-6-14(12-16(17)24)20(26)18-19(13-4-7-15(23)8-5-13)25(10-11-29-2)22(28)21(18)27/h4-9,12,19,26H,3,10-11H2,1-2H3/t19-/m0/s1. The first kappa shape index (κ1) is 22.3. The summed E-state index contributed by atoms with van der Waals surface area (Å²) in [4.78, 5) is 27.0. The molecule has 0 aromatic heterocycles. The van der Waals surface area contributed by atoms with Gasteiger partial charge in [-0.1, -0.05) is 39.7 Å². The van der Waals surface area contributed by atoms with Crippen LogP contribution in [0.4, 0.5) is 0 Å². The van der Waals surface area contributed by atoms with Crippen molar-refractivity contribution < 1.29 is 24.2 Å². The molecule has 1 saturated heterocycles.